The van der Waals surface area contributed by atoms with Gasteiger partial charge in [0.2, 0.25) is 0 Å². The molecule has 0 saturated carbocycles. The van der Waals surface area contributed by atoms with Crippen LogP contribution in [0, 0.1) is 0 Å². The Morgan fingerprint density at radius 2 is 2.00 bits per heavy atom. The summed E-state index contributed by atoms with van der Waals surface area (Å²) in [5, 5.41) is 10.2. The van der Waals surface area contributed by atoms with Crippen LogP contribution >= 0.6 is 27.3 Å². The van der Waals surface area contributed by atoms with E-state index in [1.807, 2.05) is 0 Å². The molecule has 0 fully saturated rings. The number of thiophene rings is 1. The van der Waals surface area contributed by atoms with E-state index in [0.717, 1.165) is 17.4 Å². The third kappa shape index (κ3) is 2.85. The highest BCUT2D eigenvalue weighted by molar-refractivity contribution is 9.10. The molecule has 3 aromatic heterocycles. The summed E-state index contributed by atoms with van der Waals surface area (Å²) in [5.74, 6) is -3.62. The lowest BCUT2D eigenvalue weighted by Gasteiger charge is -2.15. The molecule has 6 nitrogen and oxygen atoms in total. The van der Waals surface area contributed by atoms with E-state index >= 15 is 0 Å². The zero-order valence-electron chi connectivity index (χ0n) is 13.8. The lowest BCUT2D eigenvalue weighted by atomic mass is 10.0. The van der Waals surface area contributed by atoms with Crippen molar-refractivity contribution in [1.29, 1.82) is 0 Å². The Hall–Kier alpha value is -2.85. The molecule has 0 radical (unpaired) electrons. The second-order valence-electron chi connectivity index (χ2n) is 5.94. The number of phenols is 1. The Kier molecular flexibility index (Phi) is 4.20. The molecule has 28 heavy (non-hydrogen) atoms. The van der Waals surface area contributed by atoms with E-state index in [0.29, 0.717) is 10.5 Å². The number of nitrogens with zero attached hydrogens (tertiary/aromatic N) is 1. The third-order valence-electron chi connectivity index (χ3n) is 4.19. The lowest BCUT2D eigenvalue weighted by Crippen LogP contribution is -2.21. The highest BCUT2D eigenvalue weighted by atomic mass is 79.9. The van der Waals surface area contributed by atoms with Crippen LogP contribution in [0.2, 0.25) is 0 Å². The van der Waals surface area contributed by atoms with E-state index in [4.69, 9.17) is 0 Å². The van der Waals surface area contributed by atoms with Crippen LogP contribution < -0.4 is 11.2 Å². The molecular formula is C18H10BrF2N3O3S. The van der Waals surface area contributed by atoms with E-state index in [-0.39, 0.29) is 37.4 Å². The minimum atomic E-state index is -3.46. The van der Waals surface area contributed by atoms with Gasteiger partial charge in [0.05, 0.1) is 11.2 Å². The van der Waals surface area contributed by atoms with Crippen molar-refractivity contribution in [2.24, 2.45) is 0 Å². The first-order chi connectivity index (χ1) is 13.2. The summed E-state index contributed by atoms with van der Waals surface area (Å²) in [6.45, 7) is 3.18. The Morgan fingerprint density at radius 3 is 2.68 bits per heavy atom. The monoisotopic (exact) mass is 465 g/mol. The quantitative estimate of drug-likeness (QED) is 0.394. The highest BCUT2D eigenvalue weighted by Crippen LogP contribution is 2.42. The zero-order valence-corrected chi connectivity index (χ0v) is 16.2. The number of aromatic amines is 2. The molecule has 142 valence electrons. The molecule has 0 aliphatic rings. The number of phenolic OH excluding ortho intramolecular Hbond substituents is 1. The Labute approximate surface area is 167 Å². The van der Waals surface area contributed by atoms with E-state index in [1.54, 1.807) is 6.07 Å². The van der Waals surface area contributed by atoms with Crippen LogP contribution in [-0.4, -0.2) is 20.1 Å². The van der Waals surface area contributed by atoms with Gasteiger partial charge in [-0.3, -0.25) is 9.78 Å². The molecule has 3 N–H and O–H groups in total. The number of rotatable bonds is 3. The van der Waals surface area contributed by atoms with E-state index in [2.05, 4.69) is 37.5 Å². The molecule has 10 heteroatoms. The van der Waals surface area contributed by atoms with Crippen LogP contribution in [0.5, 0.6) is 5.75 Å². The summed E-state index contributed by atoms with van der Waals surface area (Å²) in [6, 6.07) is 5.71. The zero-order chi connectivity index (χ0) is 20.2. The largest absolute Gasteiger partial charge is 0.507 e. The number of alkyl halides is 2. The molecule has 0 saturated heterocycles. The fraction of sp³-hybridized carbons (Fsp3) is 0.0556. The van der Waals surface area contributed by atoms with E-state index < -0.39 is 22.7 Å². The van der Waals surface area contributed by atoms with Crippen LogP contribution in [0.1, 0.15) is 5.56 Å². The van der Waals surface area contributed by atoms with Gasteiger partial charge in [-0.25, -0.2) is 9.78 Å². The molecule has 1 aromatic carbocycles. The maximum absolute atomic E-state index is 14.7. The number of nitrogens with one attached hydrogen (secondary N) is 2. The maximum atomic E-state index is 14.7. The van der Waals surface area contributed by atoms with Crippen LogP contribution in [0.25, 0.3) is 31.7 Å². The SMILES string of the molecule is C=CC(F)(F)c1cc(-c2ccc(Br)cc2O)nc2sc3c(=O)[nH]c(=O)[nH]c3c12. The molecular weight excluding hydrogens is 456 g/mol. The second-order valence-corrected chi connectivity index (χ2v) is 7.85. The van der Waals surface area contributed by atoms with Gasteiger partial charge in [0.15, 0.2) is 0 Å². The van der Waals surface area contributed by atoms with Gasteiger partial charge in [-0.2, -0.15) is 8.78 Å². The summed E-state index contributed by atoms with van der Waals surface area (Å²) in [4.78, 5) is 32.7. The number of allylic oxidation sites excluding steroid dienone is 1. The fourth-order valence-corrected chi connectivity index (χ4v) is 4.31. The minimum Gasteiger partial charge on any atom is -0.507 e. The smallest absolute Gasteiger partial charge is 0.326 e. The Morgan fingerprint density at radius 1 is 1.25 bits per heavy atom. The van der Waals surface area contributed by atoms with Gasteiger partial charge in [-0.1, -0.05) is 22.5 Å². The van der Waals surface area contributed by atoms with Crippen molar-refractivity contribution in [2.75, 3.05) is 0 Å². The predicted octanol–water partition coefficient (Wildman–Crippen LogP) is 4.24. The average Bonchev–Trinajstić information content (AvgIpc) is 2.99. The normalized spacial score (nSPS) is 12.0. The van der Waals surface area contributed by atoms with Gasteiger partial charge in [0.1, 0.15) is 15.3 Å². The fourth-order valence-electron chi connectivity index (χ4n) is 2.91. The summed E-state index contributed by atoms with van der Waals surface area (Å²) >= 11 is 4.09. The van der Waals surface area contributed by atoms with Gasteiger partial charge in [0, 0.05) is 21.0 Å². The molecule has 3 heterocycles. The first-order valence-electron chi connectivity index (χ1n) is 7.82. The molecule has 0 aliphatic heterocycles. The Balaban J connectivity index is 2.18. The summed E-state index contributed by atoms with van der Waals surface area (Å²) < 4.78 is 30.1. The van der Waals surface area contributed by atoms with Crippen molar-refractivity contribution in [3.05, 3.63) is 67.8 Å². The molecule has 0 aliphatic carbocycles. The van der Waals surface area contributed by atoms with Crippen molar-refractivity contribution in [1.82, 2.24) is 15.0 Å². The summed E-state index contributed by atoms with van der Waals surface area (Å²) in [5.41, 5.74) is -1.64. The number of hydrogen-bond acceptors (Lipinski definition) is 5. The predicted molar refractivity (Wildman–Crippen MR) is 107 cm³/mol. The number of aromatic hydroxyl groups is 1. The van der Waals surface area contributed by atoms with Gasteiger partial charge < -0.3 is 10.1 Å². The van der Waals surface area contributed by atoms with E-state index in [1.165, 1.54) is 12.1 Å². The number of hydrogen-bond donors (Lipinski definition) is 3. The van der Waals surface area contributed by atoms with Crippen molar-refractivity contribution < 1.29 is 13.9 Å². The lowest BCUT2D eigenvalue weighted by molar-refractivity contribution is 0.0543. The molecule has 0 bridgehead atoms. The molecule has 4 aromatic rings. The van der Waals surface area contributed by atoms with Gasteiger partial charge in [-0.15, -0.1) is 11.3 Å². The maximum Gasteiger partial charge on any atom is 0.326 e. The molecule has 0 atom stereocenters. The summed E-state index contributed by atoms with van der Waals surface area (Å²) in [7, 11) is 0. The van der Waals surface area contributed by atoms with Gasteiger partial charge in [0.25, 0.3) is 11.5 Å². The number of halogens is 3. The van der Waals surface area contributed by atoms with Crippen LogP contribution in [0.3, 0.4) is 0 Å². The molecule has 0 unspecified atom stereocenters. The first-order valence-corrected chi connectivity index (χ1v) is 9.43. The number of fused-ring (bicyclic) bond motifs is 3. The summed E-state index contributed by atoms with van der Waals surface area (Å²) in [6.07, 6.45) is 0.474. The van der Waals surface area contributed by atoms with Crippen molar-refractivity contribution in [2.45, 2.75) is 5.92 Å². The first kappa shape index (κ1) is 18.5. The van der Waals surface area contributed by atoms with Crippen LogP contribution in [0.15, 0.2) is 51.0 Å². The van der Waals surface area contributed by atoms with Gasteiger partial charge in [-0.05, 0) is 30.3 Å². The highest BCUT2D eigenvalue weighted by Gasteiger charge is 2.33. The third-order valence-corrected chi connectivity index (χ3v) is 5.76. The number of pyridine rings is 1. The molecule has 4 rings (SSSR count). The van der Waals surface area contributed by atoms with Crippen molar-refractivity contribution in [3.8, 4) is 17.0 Å². The molecule has 0 amide bonds. The molecule has 0 spiro atoms. The topological polar surface area (TPSA) is 98.8 Å². The van der Waals surface area contributed by atoms with Crippen molar-refractivity contribution in [3.63, 3.8) is 0 Å². The van der Waals surface area contributed by atoms with Crippen LogP contribution in [-0.2, 0) is 5.92 Å². The van der Waals surface area contributed by atoms with Crippen LogP contribution in [0.4, 0.5) is 8.78 Å². The van der Waals surface area contributed by atoms with Crippen molar-refractivity contribution >= 4 is 47.7 Å². The number of aromatic nitrogens is 3. The van der Waals surface area contributed by atoms with E-state index in [9.17, 15) is 23.5 Å². The number of benzene rings is 1. The standard InChI is InChI=1S/C18H10BrF2N3O3S/c1-2-18(20,21)9-6-10(8-4-3-7(19)5-11(8)25)22-16-12(9)13-14(28-16)15(26)24-17(27)23-13/h2-6,25H,1H2,(H2,23,24,26,27). The Bertz CT molecular complexity index is 1390. The average molecular weight is 466 g/mol. The minimum absolute atomic E-state index is 0.00986. The van der Waals surface area contributed by atoms with Gasteiger partial charge >= 0.3 is 5.69 Å². The second kappa shape index (κ2) is 6.35. The number of H-pyrrole nitrogens is 2.